The SMILES string of the molecule is CC(CC(=O)O)c1cc(C(F)(F)F)ccc1O. The first-order valence-electron chi connectivity index (χ1n) is 4.83. The van der Waals surface area contributed by atoms with Gasteiger partial charge >= 0.3 is 12.1 Å². The number of carboxylic acids is 1. The third-order valence-corrected chi connectivity index (χ3v) is 2.37. The van der Waals surface area contributed by atoms with Gasteiger partial charge in [-0.2, -0.15) is 13.2 Å². The van der Waals surface area contributed by atoms with Crippen LogP contribution in [-0.4, -0.2) is 16.2 Å². The molecule has 1 aromatic rings. The molecule has 0 aliphatic heterocycles. The fraction of sp³-hybridized carbons (Fsp3) is 0.364. The standard InChI is InChI=1S/C11H11F3O3/c1-6(4-10(16)17)8-5-7(11(12,13)14)2-3-9(8)15/h2-3,5-6,15H,4H2,1H3,(H,16,17). The van der Waals surface area contributed by atoms with E-state index in [1.807, 2.05) is 0 Å². The molecule has 0 spiro atoms. The van der Waals surface area contributed by atoms with Gasteiger partial charge in [0.25, 0.3) is 0 Å². The maximum Gasteiger partial charge on any atom is 0.416 e. The summed E-state index contributed by atoms with van der Waals surface area (Å²) in [6.07, 6.45) is -4.85. The number of phenols is 1. The number of aliphatic carboxylic acids is 1. The summed E-state index contributed by atoms with van der Waals surface area (Å²) in [4.78, 5) is 10.5. The fourth-order valence-electron chi connectivity index (χ4n) is 1.50. The summed E-state index contributed by atoms with van der Waals surface area (Å²) in [6, 6.07) is 2.46. The van der Waals surface area contributed by atoms with E-state index in [-0.39, 0.29) is 17.7 Å². The Morgan fingerprint density at radius 2 is 2.00 bits per heavy atom. The second-order valence-corrected chi connectivity index (χ2v) is 3.77. The van der Waals surface area contributed by atoms with E-state index < -0.39 is 23.6 Å². The molecule has 0 fully saturated rings. The molecule has 0 heterocycles. The molecule has 0 saturated heterocycles. The van der Waals surface area contributed by atoms with Crippen molar-refractivity contribution in [3.8, 4) is 5.75 Å². The van der Waals surface area contributed by atoms with Crippen LogP contribution in [-0.2, 0) is 11.0 Å². The average molecular weight is 248 g/mol. The quantitative estimate of drug-likeness (QED) is 0.864. The topological polar surface area (TPSA) is 57.5 Å². The highest BCUT2D eigenvalue weighted by atomic mass is 19.4. The number of aromatic hydroxyl groups is 1. The van der Waals surface area contributed by atoms with Crippen LogP contribution < -0.4 is 0 Å². The molecule has 0 amide bonds. The molecule has 1 unspecified atom stereocenters. The third kappa shape index (κ3) is 3.37. The van der Waals surface area contributed by atoms with Crippen LogP contribution >= 0.6 is 0 Å². The van der Waals surface area contributed by atoms with E-state index in [4.69, 9.17) is 5.11 Å². The maximum absolute atomic E-state index is 12.4. The van der Waals surface area contributed by atoms with Gasteiger partial charge in [-0.3, -0.25) is 4.79 Å². The number of hydrogen-bond donors (Lipinski definition) is 2. The summed E-state index contributed by atoms with van der Waals surface area (Å²) in [5, 5.41) is 18.0. The van der Waals surface area contributed by atoms with Gasteiger partial charge in [-0.25, -0.2) is 0 Å². The number of carbonyl (C=O) groups is 1. The average Bonchev–Trinajstić information content (AvgIpc) is 2.15. The highest BCUT2D eigenvalue weighted by molar-refractivity contribution is 5.68. The number of hydrogen-bond acceptors (Lipinski definition) is 2. The Kier molecular flexibility index (Phi) is 3.65. The van der Waals surface area contributed by atoms with Crippen LogP contribution in [0.1, 0.15) is 30.4 Å². The molecule has 1 atom stereocenters. The molecule has 94 valence electrons. The van der Waals surface area contributed by atoms with Gasteiger partial charge in [0.1, 0.15) is 5.75 Å². The van der Waals surface area contributed by atoms with E-state index in [1.54, 1.807) is 0 Å². The normalized spacial score (nSPS) is 13.4. The Balaban J connectivity index is 3.10. The van der Waals surface area contributed by atoms with Crippen molar-refractivity contribution in [3.05, 3.63) is 29.3 Å². The molecule has 0 aliphatic rings. The Morgan fingerprint density at radius 1 is 1.41 bits per heavy atom. The predicted octanol–water partition coefficient (Wildman–Crippen LogP) is 2.99. The highest BCUT2D eigenvalue weighted by Gasteiger charge is 2.31. The van der Waals surface area contributed by atoms with E-state index >= 15 is 0 Å². The highest BCUT2D eigenvalue weighted by Crippen LogP contribution is 2.35. The zero-order valence-electron chi connectivity index (χ0n) is 8.95. The van der Waals surface area contributed by atoms with Crippen LogP contribution in [0.25, 0.3) is 0 Å². The zero-order chi connectivity index (χ0) is 13.2. The first kappa shape index (κ1) is 13.3. The minimum absolute atomic E-state index is 0.0118. The number of phenolic OH excluding ortho intramolecular Hbond substituents is 1. The summed E-state index contributed by atoms with van der Waals surface area (Å²) >= 11 is 0. The number of alkyl halides is 3. The summed E-state index contributed by atoms with van der Waals surface area (Å²) in [5.41, 5.74) is -0.912. The Hall–Kier alpha value is -1.72. The zero-order valence-corrected chi connectivity index (χ0v) is 8.95. The van der Waals surface area contributed by atoms with E-state index in [0.29, 0.717) is 0 Å². The monoisotopic (exact) mass is 248 g/mol. The lowest BCUT2D eigenvalue weighted by molar-refractivity contribution is -0.138. The third-order valence-electron chi connectivity index (χ3n) is 2.37. The van der Waals surface area contributed by atoms with Gasteiger partial charge in [0.2, 0.25) is 0 Å². The van der Waals surface area contributed by atoms with Crippen LogP contribution in [0.2, 0.25) is 0 Å². The molecular formula is C11H11F3O3. The van der Waals surface area contributed by atoms with E-state index in [9.17, 15) is 23.1 Å². The van der Waals surface area contributed by atoms with Crippen molar-refractivity contribution in [1.29, 1.82) is 0 Å². The molecule has 0 aromatic heterocycles. The number of benzene rings is 1. The van der Waals surface area contributed by atoms with Crippen LogP contribution in [0.5, 0.6) is 5.75 Å². The second-order valence-electron chi connectivity index (χ2n) is 3.77. The van der Waals surface area contributed by atoms with Crippen molar-refractivity contribution >= 4 is 5.97 Å². The molecule has 17 heavy (non-hydrogen) atoms. The van der Waals surface area contributed by atoms with Gasteiger partial charge in [0.05, 0.1) is 12.0 Å². The van der Waals surface area contributed by atoms with Crippen molar-refractivity contribution in [1.82, 2.24) is 0 Å². The smallest absolute Gasteiger partial charge is 0.416 e. The Morgan fingerprint density at radius 3 is 2.47 bits per heavy atom. The lowest BCUT2D eigenvalue weighted by atomic mass is 9.95. The summed E-state index contributed by atoms with van der Waals surface area (Å²) in [6.45, 7) is 1.45. The largest absolute Gasteiger partial charge is 0.508 e. The van der Waals surface area contributed by atoms with Crippen LogP contribution in [0.4, 0.5) is 13.2 Å². The summed E-state index contributed by atoms with van der Waals surface area (Å²) in [5.74, 6) is -2.14. The van der Waals surface area contributed by atoms with Crippen LogP contribution in [0.3, 0.4) is 0 Å². The molecule has 1 aromatic carbocycles. The van der Waals surface area contributed by atoms with E-state index in [0.717, 1.165) is 18.2 Å². The first-order chi connectivity index (χ1) is 7.71. The predicted molar refractivity (Wildman–Crippen MR) is 53.8 cm³/mol. The van der Waals surface area contributed by atoms with E-state index in [2.05, 4.69) is 0 Å². The molecule has 1 rings (SSSR count). The lowest BCUT2D eigenvalue weighted by Gasteiger charge is -2.14. The molecule has 3 nitrogen and oxygen atoms in total. The minimum Gasteiger partial charge on any atom is -0.508 e. The summed E-state index contributed by atoms with van der Waals surface area (Å²) < 4.78 is 37.3. The molecule has 0 bridgehead atoms. The second kappa shape index (κ2) is 4.65. The number of halogens is 3. The molecule has 0 radical (unpaired) electrons. The maximum atomic E-state index is 12.4. The molecule has 0 saturated carbocycles. The van der Waals surface area contributed by atoms with Gasteiger partial charge in [-0.15, -0.1) is 0 Å². The fourth-order valence-corrected chi connectivity index (χ4v) is 1.50. The van der Waals surface area contributed by atoms with Crippen LogP contribution in [0, 0.1) is 0 Å². The van der Waals surface area contributed by atoms with Crippen LogP contribution in [0.15, 0.2) is 18.2 Å². The Bertz CT molecular complexity index is 426. The number of rotatable bonds is 3. The molecule has 6 heteroatoms. The van der Waals surface area contributed by atoms with Crippen molar-refractivity contribution in [2.45, 2.75) is 25.4 Å². The van der Waals surface area contributed by atoms with Gasteiger partial charge in [-0.05, 0) is 29.7 Å². The lowest BCUT2D eigenvalue weighted by Crippen LogP contribution is -2.08. The van der Waals surface area contributed by atoms with Crippen molar-refractivity contribution in [2.75, 3.05) is 0 Å². The number of carboxylic acid groups (broad SMARTS) is 1. The molecular weight excluding hydrogens is 237 g/mol. The van der Waals surface area contributed by atoms with Crippen molar-refractivity contribution < 1.29 is 28.2 Å². The van der Waals surface area contributed by atoms with Gasteiger partial charge < -0.3 is 10.2 Å². The Labute approximate surface area is 95.5 Å². The van der Waals surface area contributed by atoms with E-state index in [1.165, 1.54) is 6.92 Å². The van der Waals surface area contributed by atoms with Crippen molar-refractivity contribution in [3.63, 3.8) is 0 Å². The van der Waals surface area contributed by atoms with Gasteiger partial charge in [0.15, 0.2) is 0 Å². The first-order valence-corrected chi connectivity index (χ1v) is 4.83. The minimum atomic E-state index is -4.51. The summed E-state index contributed by atoms with van der Waals surface area (Å²) in [7, 11) is 0. The van der Waals surface area contributed by atoms with Gasteiger partial charge in [-0.1, -0.05) is 6.92 Å². The van der Waals surface area contributed by atoms with Gasteiger partial charge in [0, 0.05) is 0 Å². The molecule has 2 N–H and O–H groups in total. The van der Waals surface area contributed by atoms with Crippen molar-refractivity contribution in [2.24, 2.45) is 0 Å². The molecule has 0 aliphatic carbocycles.